The van der Waals surface area contributed by atoms with Crippen LogP contribution in [0.15, 0.2) is 18.2 Å². The molecule has 0 amide bonds. The van der Waals surface area contributed by atoms with Crippen molar-refractivity contribution in [1.82, 2.24) is 15.0 Å². The van der Waals surface area contributed by atoms with Crippen LogP contribution in [0.3, 0.4) is 0 Å². The third-order valence-corrected chi connectivity index (χ3v) is 7.67. The number of benzene rings is 1. The number of nitrogens with two attached hydrogens (primary N) is 1. The summed E-state index contributed by atoms with van der Waals surface area (Å²) >= 11 is 14.3. The van der Waals surface area contributed by atoms with Gasteiger partial charge >= 0.3 is 0 Å². The predicted molar refractivity (Wildman–Crippen MR) is 121 cm³/mol. The van der Waals surface area contributed by atoms with Crippen LogP contribution in [0.2, 0.25) is 10.2 Å². The summed E-state index contributed by atoms with van der Waals surface area (Å²) < 4.78 is 0.970. The maximum absolute atomic E-state index is 9.37. The van der Waals surface area contributed by atoms with Crippen molar-refractivity contribution in [3.63, 3.8) is 0 Å². The van der Waals surface area contributed by atoms with Crippen LogP contribution in [0.5, 0.6) is 0 Å². The molecule has 0 spiro atoms. The first kappa shape index (κ1) is 20.6. The van der Waals surface area contributed by atoms with Gasteiger partial charge in [0.2, 0.25) is 5.95 Å². The van der Waals surface area contributed by atoms with Gasteiger partial charge in [-0.05, 0) is 42.7 Å². The molecule has 1 saturated carbocycles. The van der Waals surface area contributed by atoms with E-state index in [1.165, 1.54) is 11.3 Å². The van der Waals surface area contributed by atoms with Crippen molar-refractivity contribution in [3.8, 4) is 10.6 Å². The van der Waals surface area contributed by atoms with E-state index >= 15 is 0 Å². The topological polar surface area (TPSA) is 97.0 Å². The monoisotopic (exact) mass is 451 g/mol. The summed E-state index contributed by atoms with van der Waals surface area (Å²) in [5.41, 5.74) is 7.28. The van der Waals surface area contributed by atoms with Crippen LogP contribution in [-0.4, -0.2) is 32.7 Å². The molecule has 0 saturated heterocycles. The number of nitrogens with one attached hydrogen (secondary N) is 1. The molecule has 1 fully saturated rings. The molecule has 0 bridgehead atoms. The zero-order chi connectivity index (χ0) is 20.7. The largest absolute Gasteiger partial charge is 0.396 e. The summed E-state index contributed by atoms with van der Waals surface area (Å²) in [7, 11) is 0. The fraction of sp³-hybridized carbons (Fsp3) is 0.450. The summed E-state index contributed by atoms with van der Waals surface area (Å²) in [4.78, 5) is 13.3. The first-order chi connectivity index (χ1) is 13.9. The van der Waals surface area contributed by atoms with Gasteiger partial charge in [-0.2, -0.15) is 4.98 Å². The number of nitrogens with zero attached hydrogens (tertiary/aromatic N) is 3. The fourth-order valence-electron chi connectivity index (χ4n) is 4.23. The average molecular weight is 452 g/mol. The van der Waals surface area contributed by atoms with Crippen LogP contribution >= 0.6 is 34.5 Å². The van der Waals surface area contributed by atoms with E-state index in [2.05, 4.69) is 29.1 Å². The second kappa shape index (κ2) is 8.22. The molecule has 4 N–H and O–H groups in total. The molecule has 1 aliphatic carbocycles. The van der Waals surface area contributed by atoms with E-state index < -0.39 is 0 Å². The third-order valence-electron chi connectivity index (χ3n) is 6.05. The quantitative estimate of drug-likeness (QED) is 0.466. The van der Waals surface area contributed by atoms with E-state index in [1.807, 2.05) is 18.2 Å². The lowest BCUT2D eigenvalue weighted by atomic mass is 9.90. The molecular formula is C20H23Cl2N5OS. The molecule has 0 aliphatic heterocycles. The Hall–Kier alpha value is -1.67. The van der Waals surface area contributed by atoms with Crippen molar-refractivity contribution in [2.75, 3.05) is 17.7 Å². The van der Waals surface area contributed by atoms with E-state index in [1.54, 1.807) is 0 Å². The van der Waals surface area contributed by atoms with Crippen molar-refractivity contribution in [3.05, 3.63) is 28.4 Å². The highest BCUT2D eigenvalue weighted by Crippen LogP contribution is 2.43. The number of halogens is 2. The average Bonchev–Trinajstić information content (AvgIpc) is 3.20. The summed E-state index contributed by atoms with van der Waals surface area (Å²) in [6.07, 6.45) is 1.76. The Bertz CT molecular complexity index is 1040. The van der Waals surface area contributed by atoms with Crippen LogP contribution in [0.4, 0.5) is 11.8 Å². The van der Waals surface area contributed by atoms with Crippen molar-refractivity contribution in [2.45, 2.75) is 32.7 Å². The number of rotatable bonds is 5. The minimum atomic E-state index is 0.117. The highest BCUT2D eigenvalue weighted by molar-refractivity contribution is 7.21. The molecule has 4 atom stereocenters. The molecular weight excluding hydrogens is 429 g/mol. The lowest BCUT2D eigenvalue weighted by molar-refractivity contribution is 0.231. The lowest BCUT2D eigenvalue weighted by Gasteiger charge is -2.22. The first-order valence-electron chi connectivity index (χ1n) is 9.64. The number of fused-ring (bicyclic) bond motifs is 1. The number of hydrogen-bond acceptors (Lipinski definition) is 7. The van der Waals surface area contributed by atoms with Crippen molar-refractivity contribution >= 4 is 56.5 Å². The molecule has 3 aromatic rings. The van der Waals surface area contributed by atoms with Gasteiger partial charge in [-0.25, -0.2) is 9.97 Å². The molecule has 2 heterocycles. The lowest BCUT2D eigenvalue weighted by Crippen LogP contribution is -2.25. The molecule has 4 unspecified atom stereocenters. The zero-order valence-corrected chi connectivity index (χ0v) is 18.5. The number of anilines is 2. The Morgan fingerprint density at radius 2 is 2.00 bits per heavy atom. The normalized spacial score (nSPS) is 24.3. The standard InChI is InChI=1S/C20H23Cl2N5OS/c1-9-10(2)13(8-11(9)6-7-28)24-18-15(17(22)26-20(23)27-18)19-25-16-12(21)4-3-5-14(16)29-19/h3-5,9-11,13,28H,6-8H2,1-2H3,(H3,23,24,26,27). The molecule has 2 aromatic heterocycles. The van der Waals surface area contributed by atoms with E-state index in [4.69, 9.17) is 33.9 Å². The molecule has 4 rings (SSSR count). The van der Waals surface area contributed by atoms with Gasteiger partial charge in [0.15, 0.2) is 0 Å². The van der Waals surface area contributed by atoms with Gasteiger partial charge in [-0.15, -0.1) is 11.3 Å². The number of aliphatic hydroxyl groups is 1. The smallest absolute Gasteiger partial charge is 0.223 e. The predicted octanol–water partition coefficient (Wildman–Crippen LogP) is 5.10. The molecule has 29 heavy (non-hydrogen) atoms. The van der Waals surface area contributed by atoms with Gasteiger partial charge in [0, 0.05) is 12.6 Å². The summed E-state index contributed by atoms with van der Waals surface area (Å²) in [6.45, 7) is 4.67. The van der Waals surface area contributed by atoms with Gasteiger partial charge in [0.25, 0.3) is 0 Å². The van der Waals surface area contributed by atoms with Gasteiger partial charge in [-0.1, -0.05) is 43.1 Å². The Kier molecular flexibility index (Phi) is 5.84. The molecule has 0 radical (unpaired) electrons. The minimum Gasteiger partial charge on any atom is -0.396 e. The summed E-state index contributed by atoms with van der Waals surface area (Å²) in [6, 6.07) is 5.89. The van der Waals surface area contributed by atoms with Gasteiger partial charge in [-0.3, -0.25) is 0 Å². The minimum absolute atomic E-state index is 0.117. The van der Waals surface area contributed by atoms with E-state index in [9.17, 15) is 5.11 Å². The second-order valence-corrected chi connectivity index (χ2v) is 9.47. The highest BCUT2D eigenvalue weighted by Gasteiger charge is 2.38. The van der Waals surface area contributed by atoms with Crippen LogP contribution in [0, 0.1) is 17.8 Å². The Morgan fingerprint density at radius 3 is 2.72 bits per heavy atom. The number of thiazole rings is 1. The summed E-state index contributed by atoms with van der Waals surface area (Å²) in [5.74, 6) is 2.09. The van der Waals surface area contributed by atoms with Gasteiger partial charge in [0.05, 0.1) is 15.3 Å². The first-order valence-corrected chi connectivity index (χ1v) is 11.2. The number of aliphatic hydroxyl groups excluding tert-OH is 1. The summed E-state index contributed by atoms with van der Waals surface area (Å²) in [5, 5.41) is 14.5. The van der Waals surface area contributed by atoms with Crippen molar-refractivity contribution < 1.29 is 5.11 Å². The Balaban J connectivity index is 1.73. The molecule has 6 nitrogen and oxygen atoms in total. The highest BCUT2D eigenvalue weighted by atomic mass is 35.5. The third kappa shape index (κ3) is 3.89. The molecule has 1 aromatic carbocycles. The van der Waals surface area contributed by atoms with E-state index in [0.29, 0.717) is 39.2 Å². The van der Waals surface area contributed by atoms with E-state index in [-0.39, 0.29) is 23.8 Å². The maximum Gasteiger partial charge on any atom is 0.223 e. The number of hydrogen-bond donors (Lipinski definition) is 3. The van der Waals surface area contributed by atoms with Crippen molar-refractivity contribution in [2.24, 2.45) is 17.8 Å². The number of para-hydroxylation sites is 1. The van der Waals surface area contributed by atoms with Crippen LogP contribution < -0.4 is 11.1 Å². The number of aromatic nitrogens is 3. The van der Waals surface area contributed by atoms with Gasteiger partial charge in [0.1, 0.15) is 21.5 Å². The SMILES string of the molecule is CC1C(CCO)CC(Nc2nc(N)nc(Cl)c2-c2nc3c(Cl)cccc3s2)C1C. The zero-order valence-electron chi connectivity index (χ0n) is 16.2. The van der Waals surface area contributed by atoms with Crippen LogP contribution in [-0.2, 0) is 0 Å². The maximum atomic E-state index is 9.37. The Labute approximate surface area is 183 Å². The molecule has 9 heteroatoms. The van der Waals surface area contributed by atoms with Crippen LogP contribution in [0.1, 0.15) is 26.7 Å². The van der Waals surface area contributed by atoms with E-state index in [0.717, 1.165) is 23.1 Å². The Morgan fingerprint density at radius 1 is 1.21 bits per heavy atom. The fourth-order valence-corrected chi connectivity index (χ4v) is 5.86. The molecule has 154 valence electrons. The second-order valence-electron chi connectivity index (χ2n) is 7.68. The van der Waals surface area contributed by atoms with Crippen LogP contribution in [0.25, 0.3) is 20.8 Å². The number of nitrogen functional groups attached to an aromatic ring is 1. The molecule has 1 aliphatic rings. The van der Waals surface area contributed by atoms with Gasteiger partial charge < -0.3 is 16.2 Å². The van der Waals surface area contributed by atoms with Crippen molar-refractivity contribution in [1.29, 1.82) is 0 Å².